The fraction of sp³-hybridized carbons (Fsp3) is 0.455. The number of aliphatic hydroxyl groups excluding tert-OH is 2. The molecule has 1 aromatic heterocycles. The van der Waals surface area contributed by atoms with E-state index in [1.165, 1.54) is 10.8 Å². The Bertz CT molecular complexity index is 427. The number of esters is 1. The summed E-state index contributed by atoms with van der Waals surface area (Å²) in [5.74, 6) is -1.83. The third kappa shape index (κ3) is 3.52. The van der Waals surface area contributed by atoms with Gasteiger partial charge in [0, 0.05) is 10.9 Å². The number of hydrogen-bond donors (Lipinski definition) is 3. The molecule has 6 nitrogen and oxygen atoms in total. The van der Waals surface area contributed by atoms with Gasteiger partial charge in [0.15, 0.2) is 0 Å². The van der Waals surface area contributed by atoms with E-state index in [4.69, 9.17) is 5.11 Å². The van der Waals surface area contributed by atoms with Crippen molar-refractivity contribution in [2.24, 2.45) is 0 Å². The number of rotatable bonds is 6. The summed E-state index contributed by atoms with van der Waals surface area (Å²) in [7, 11) is 0. The molecular formula is C11H14O6S. The number of carboxylic acid groups (broad SMARTS) is 1. The van der Waals surface area contributed by atoms with Crippen molar-refractivity contribution in [2.75, 3.05) is 6.61 Å². The molecule has 0 aromatic carbocycles. The quantitative estimate of drug-likeness (QED) is 0.663. The van der Waals surface area contributed by atoms with E-state index in [1.807, 2.05) is 0 Å². The van der Waals surface area contributed by atoms with E-state index in [0.29, 0.717) is 0 Å². The van der Waals surface area contributed by atoms with Gasteiger partial charge in [-0.15, -0.1) is 0 Å². The number of aromatic carboxylic acids is 1. The second-order valence-corrected chi connectivity index (χ2v) is 4.31. The van der Waals surface area contributed by atoms with Gasteiger partial charge in [-0.1, -0.05) is 0 Å². The first-order valence-electron chi connectivity index (χ1n) is 5.28. The summed E-state index contributed by atoms with van der Waals surface area (Å²) in [5, 5.41) is 31.1. The van der Waals surface area contributed by atoms with Gasteiger partial charge in [0.05, 0.1) is 24.7 Å². The lowest BCUT2D eigenvalue weighted by Crippen LogP contribution is -2.24. The molecule has 2 atom stereocenters. The number of carbonyl (C=O) groups excluding carboxylic acids is 1. The van der Waals surface area contributed by atoms with E-state index < -0.39 is 24.1 Å². The molecular weight excluding hydrogens is 260 g/mol. The number of ether oxygens (including phenoxy) is 1. The van der Waals surface area contributed by atoms with Gasteiger partial charge in [-0.25, -0.2) is 4.79 Å². The molecule has 2 unspecified atom stereocenters. The van der Waals surface area contributed by atoms with E-state index in [9.17, 15) is 19.8 Å². The molecule has 1 rings (SSSR count). The zero-order chi connectivity index (χ0) is 13.7. The molecule has 0 aliphatic carbocycles. The molecule has 18 heavy (non-hydrogen) atoms. The Balaban J connectivity index is 2.74. The van der Waals surface area contributed by atoms with E-state index in [-0.39, 0.29) is 24.2 Å². The standard InChI is InChI=1S/C11H14O6S/c1-2-17-9(13)3-8(12)10(14)6-4-18-5-7(6)11(15)16/h4-5,8,10,12,14H,2-3H2,1H3,(H,15,16). The predicted molar refractivity (Wildman–Crippen MR) is 63.5 cm³/mol. The lowest BCUT2D eigenvalue weighted by molar-refractivity contribution is -0.147. The molecule has 1 aromatic rings. The zero-order valence-electron chi connectivity index (χ0n) is 9.70. The first-order chi connectivity index (χ1) is 8.47. The van der Waals surface area contributed by atoms with E-state index in [2.05, 4.69) is 4.74 Å². The van der Waals surface area contributed by atoms with Gasteiger partial charge in [0.1, 0.15) is 6.10 Å². The molecule has 3 N–H and O–H groups in total. The van der Waals surface area contributed by atoms with Crippen LogP contribution in [0, 0.1) is 0 Å². The number of carboxylic acids is 1. The molecule has 0 fully saturated rings. The zero-order valence-corrected chi connectivity index (χ0v) is 10.5. The molecule has 0 spiro atoms. The number of hydrogen-bond acceptors (Lipinski definition) is 6. The molecule has 0 bridgehead atoms. The van der Waals surface area contributed by atoms with E-state index in [1.54, 1.807) is 6.92 Å². The van der Waals surface area contributed by atoms with Crippen LogP contribution in [0.3, 0.4) is 0 Å². The van der Waals surface area contributed by atoms with E-state index >= 15 is 0 Å². The topological polar surface area (TPSA) is 104 Å². The minimum Gasteiger partial charge on any atom is -0.478 e. The van der Waals surface area contributed by atoms with Crippen molar-refractivity contribution in [3.05, 3.63) is 21.9 Å². The van der Waals surface area contributed by atoms with Crippen LogP contribution < -0.4 is 0 Å². The SMILES string of the molecule is CCOC(=O)CC(O)C(O)c1cscc1C(=O)O. The van der Waals surface area contributed by atoms with Crippen LogP contribution in [-0.2, 0) is 9.53 Å². The molecule has 0 aliphatic rings. The van der Waals surface area contributed by atoms with Gasteiger partial charge in [-0.2, -0.15) is 11.3 Å². The predicted octanol–water partition coefficient (Wildman–Crippen LogP) is 0.794. The smallest absolute Gasteiger partial charge is 0.336 e. The fourth-order valence-electron chi connectivity index (χ4n) is 1.42. The summed E-state index contributed by atoms with van der Waals surface area (Å²) < 4.78 is 4.63. The third-order valence-corrected chi connectivity index (χ3v) is 3.05. The van der Waals surface area contributed by atoms with Crippen molar-refractivity contribution in [1.82, 2.24) is 0 Å². The van der Waals surface area contributed by atoms with Gasteiger partial charge < -0.3 is 20.1 Å². The van der Waals surface area contributed by atoms with Crippen molar-refractivity contribution in [3.63, 3.8) is 0 Å². The minimum atomic E-state index is -1.42. The molecule has 0 saturated carbocycles. The monoisotopic (exact) mass is 274 g/mol. The maximum Gasteiger partial charge on any atom is 0.336 e. The highest BCUT2D eigenvalue weighted by Gasteiger charge is 2.26. The maximum atomic E-state index is 11.1. The summed E-state index contributed by atoms with van der Waals surface area (Å²) in [6.45, 7) is 1.81. The molecule has 1 heterocycles. The molecule has 0 radical (unpaired) electrons. The van der Waals surface area contributed by atoms with Crippen LogP contribution in [0.2, 0.25) is 0 Å². The van der Waals surface area contributed by atoms with Gasteiger partial charge in [0.25, 0.3) is 0 Å². The average molecular weight is 274 g/mol. The Kier molecular flexibility index (Phi) is 5.26. The Labute approximate surface area is 107 Å². The average Bonchev–Trinajstić information content (AvgIpc) is 2.76. The Morgan fingerprint density at radius 1 is 1.39 bits per heavy atom. The van der Waals surface area contributed by atoms with Crippen LogP contribution >= 0.6 is 11.3 Å². The van der Waals surface area contributed by atoms with Gasteiger partial charge >= 0.3 is 11.9 Å². The molecule has 0 amide bonds. The van der Waals surface area contributed by atoms with Crippen molar-refractivity contribution >= 4 is 23.3 Å². The van der Waals surface area contributed by atoms with Crippen molar-refractivity contribution in [3.8, 4) is 0 Å². The highest BCUT2D eigenvalue weighted by Crippen LogP contribution is 2.26. The number of aliphatic hydroxyl groups is 2. The summed E-state index contributed by atoms with van der Waals surface area (Å²) in [5.41, 5.74) is 0.0275. The molecule has 0 saturated heterocycles. The summed E-state index contributed by atoms with van der Waals surface area (Å²) in [6, 6.07) is 0. The fourth-order valence-corrected chi connectivity index (χ4v) is 2.27. The Morgan fingerprint density at radius 2 is 2.06 bits per heavy atom. The Morgan fingerprint density at radius 3 is 2.61 bits per heavy atom. The molecule has 100 valence electrons. The second-order valence-electron chi connectivity index (χ2n) is 3.57. The van der Waals surface area contributed by atoms with Crippen LogP contribution in [0.15, 0.2) is 10.8 Å². The highest BCUT2D eigenvalue weighted by molar-refractivity contribution is 7.08. The molecule has 0 aliphatic heterocycles. The van der Waals surface area contributed by atoms with Crippen molar-refractivity contribution in [2.45, 2.75) is 25.6 Å². The van der Waals surface area contributed by atoms with Crippen LogP contribution in [0.25, 0.3) is 0 Å². The van der Waals surface area contributed by atoms with Crippen LogP contribution in [-0.4, -0.2) is 40.0 Å². The van der Waals surface area contributed by atoms with Crippen molar-refractivity contribution in [1.29, 1.82) is 0 Å². The highest BCUT2D eigenvalue weighted by atomic mass is 32.1. The van der Waals surface area contributed by atoms with Gasteiger partial charge in [0.2, 0.25) is 0 Å². The Hall–Kier alpha value is -1.44. The lowest BCUT2D eigenvalue weighted by Gasteiger charge is -2.16. The first kappa shape index (κ1) is 14.6. The number of carbonyl (C=O) groups is 2. The minimum absolute atomic E-state index is 0.0737. The third-order valence-electron chi connectivity index (χ3n) is 2.29. The van der Waals surface area contributed by atoms with Crippen LogP contribution in [0.4, 0.5) is 0 Å². The lowest BCUT2D eigenvalue weighted by atomic mass is 10.0. The van der Waals surface area contributed by atoms with Gasteiger partial charge in [-0.3, -0.25) is 4.79 Å². The maximum absolute atomic E-state index is 11.1. The summed E-state index contributed by atoms with van der Waals surface area (Å²) >= 11 is 1.10. The normalized spacial score (nSPS) is 13.9. The van der Waals surface area contributed by atoms with Crippen LogP contribution in [0.5, 0.6) is 0 Å². The van der Waals surface area contributed by atoms with Crippen LogP contribution in [0.1, 0.15) is 35.4 Å². The van der Waals surface area contributed by atoms with Crippen molar-refractivity contribution < 1.29 is 29.6 Å². The van der Waals surface area contributed by atoms with E-state index in [0.717, 1.165) is 11.3 Å². The molecule has 7 heteroatoms. The summed E-state index contributed by atoms with van der Waals surface area (Å²) in [6.07, 6.45) is -3.20. The van der Waals surface area contributed by atoms with Gasteiger partial charge in [-0.05, 0) is 12.3 Å². The summed E-state index contributed by atoms with van der Waals surface area (Å²) in [4.78, 5) is 22.0. The largest absolute Gasteiger partial charge is 0.478 e. The number of thiophene rings is 1. The second kappa shape index (κ2) is 6.48. The first-order valence-corrected chi connectivity index (χ1v) is 6.22.